The van der Waals surface area contributed by atoms with Gasteiger partial charge in [-0.05, 0) is 183 Å². The van der Waals surface area contributed by atoms with Gasteiger partial charge in [0.15, 0.2) is 0 Å². The van der Waals surface area contributed by atoms with E-state index in [4.69, 9.17) is 0 Å². The normalized spacial score (nSPS) is 14.3. The van der Waals surface area contributed by atoms with Crippen LogP contribution >= 0.6 is 0 Å². The van der Waals surface area contributed by atoms with Crippen LogP contribution < -0.4 is 56.7 Å². The number of allylic oxidation sites excluding steroid dienone is 1. The average molecular weight is 1220 g/mol. The zero-order valence-corrected chi connectivity index (χ0v) is 53.9. The molecule has 452 valence electrons. The first-order chi connectivity index (χ1) is 46.6. The van der Waals surface area contributed by atoms with Crippen LogP contribution in [0.2, 0.25) is 0 Å². The van der Waals surface area contributed by atoms with Crippen molar-refractivity contribution >= 4 is 143 Å². The predicted octanol–water partition coefficient (Wildman–Crippen LogP) is 19.8. The van der Waals surface area contributed by atoms with Crippen molar-refractivity contribution in [3.63, 3.8) is 0 Å². The van der Waals surface area contributed by atoms with Gasteiger partial charge in [-0.1, -0.05) is 222 Å². The number of benzene rings is 13. The summed E-state index contributed by atoms with van der Waals surface area (Å²) in [5.41, 5.74) is 31.3. The molecule has 13 aromatic rings. The second-order valence-electron chi connectivity index (χ2n) is 27.3. The van der Waals surface area contributed by atoms with Gasteiger partial charge in [-0.25, -0.2) is 0 Å². The molecule has 5 aliphatic rings. The number of para-hydroxylation sites is 9. The Morgan fingerprint density at radius 1 is 0.295 bits per heavy atom. The van der Waals surface area contributed by atoms with E-state index in [-0.39, 0.29) is 18.8 Å². The van der Waals surface area contributed by atoms with Crippen molar-refractivity contribution < 1.29 is 0 Å². The number of hydrogen-bond acceptors (Lipinski definition) is 6. The van der Waals surface area contributed by atoms with Crippen molar-refractivity contribution in [2.45, 2.75) is 45.4 Å². The minimum Gasteiger partial charge on any atom is -0.311 e. The topological polar surface area (TPSA) is 19.4 Å². The van der Waals surface area contributed by atoms with Gasteiger partial charge in [0.1, 0.15) is 0 Å². The summed E-state index contributed by atoms with van der Waals surface area (Å²) in [6, 6.07) is 120. The molecule has 0 atom stereocenters. The van der Waals surface area contributed by atoms with Crippen LogP contribution in [-0.4, -0.2) is 13.4 Å². The van der Waals surface area contributed by atoms with Gasteiger partial charge in [0.2, 0.25) is 6.71 Å². The Labute approximate surface area is 558 Å². The zero-order valence-electron chi connectivity index (χ0n) is 53.9. The van der Waals surface area contributed by atoms with Crippen molar-refractivity contribution in [1.29, 1.82) is 0 Å². The second-order valence-corrected chi connectivity index (χ2v) is 27.3. The predicted molar refractivity (Wildman–Crippen MR) is 403 cm³/mol. The monoisotopic (exact) mass is 1220 g/mol. The lowest BCUT2D eigenvalue weighted by Crippen LogP contribution is -2.64. The maximum Gasteiger partial charge on any atom is 0.252 e. The Bertz CT molecular complexity index is 5080. The summed E-state index contributed by atoms with van der Waals surface area (Å²) < 4.78 is 0. The third-order valence-corrected chi connectivity index (χ3v) is 20.4. The quantitative estimate of drug-likeness (QED) is 0.126. The van der Waals surface area contributed by atoms with Crippen LogP contribution in [0, 0.1) is 0 Å². The summed E-state index contributed by atoms with van der Waals surface area (Å²) in [6.07, 6.45) is 0. The van der Waals surface area contributed by atoms with Gasteiger partial charge in [0.25, 0.3) is 6.71 Å². The second kappa shape index (κ2) is 21.8. The van der Waals surface area contributed by atoms with Crippen molar-refractivity contribution in [2.24, 2.45) is 0 Å². The van der Waals surface area contributed by atoms with E-state index < -0.39 is 5.41 Å². The van der Waals surface area contributed by atoms with Crippen molar-refractivity contribution in [1.82, 2.24) is 0 Å². The van der Waals surface area contributed by atoms with Crippen LogP contribution in [0.4, 0.5) is 96.7 Å². The van der Waals surface area contributed by atoms with E-state index in [9.17, 15) is 0 Å². The third-order valence-electron chi connectivity index (χ3n) is 20.4. The highest BCUT2D eigenvalue weighted by molar-refractivity contribution is 7.02. The van der Waals surface area contributed by atoms with Crippen LogP contribution in [0.25, 0.3) is 5.70 Å². The van der Waals surface area contributed by atoms with Crippen molar-refractivity contribution in [2.75, 3.05) is 29.4 Å². The van der Waals surface area contributed by atoms with Gasteiger partial charge in [0.05, 0.1) is 11.4 Å². The minimum atomic E-state index is -0.419. The SMILES string of the molecule is CC(C)(C)c1ccc2c(c1)C1=C(B3c4cc5c(cc4N(c4ccccc4)c4cc(N(c6ccccc6)c6ccccc6)cc(c43)N1c1ccccc1)N(c1ccccc1)c1cc(N(c3ccccc3)c3ccccc3)cc3c1B5c1ccccc1N3c1ccccc1)C2(C)C. The summed E-state index contributed by atoms with van der Waals surface area (Å²) >= 11 is 0. The minimum absolute atomic E-state index is 0.0974. The van der Waals surface area contributed by atoms with E-state index in [1.54, 1.807) is 0 Å². The Balaban J connectivity index is 0.992. The summed E-state index contributed by atoms with van der Waals surface area (Å²) in [5, 5.41) is 0. The lowest BCUT2D eigenvalue weighted by Gasteiger charge is -2.48. The van der Waals surface area contributed by atoms with Gasteiger partial charge in [0, 0.05) is 102 Å². The highest BCUT2D eigenvalue weighted by atomic mass is 15.2. The molecule has 0 amide bonds. The molecule has 0 spiro atoms. The first-order valence-electron chi connectivity index (χ1n) is 33.3. The number of rotatable bonds is 10. The van der Waals surface area contributed by atoms with Crippen LogP contribution in [-0.2, 0) is 10.8 Å². The number of fused-ring (bicyclic) bond motifs is 9. The molecule has 0 aromatic heterocycles. The fourth-order valence-electron chi connectivity index (χ4n) is 16.3. The molecule has 1 aliphatic carbocycles. The first-order valence-corrected chi connectivity index (χ1v) is 33.3. The summed E-state index contributed by atoms with van der Waals surface area (Å²) in [7, 11) is 0. The van der Waals surface area contributed by atoms with Gasteiger partial charge in [-0.3, -0.25) is 0 Å². The molecule has 0 unspecified atom stereocenters. The van der Waals surface area contributed by atoms with Crippen molar-refractivity contribution in [3.05, 3.63) is 344 Å². The molecule has 0 fully saturated rings. The maximum absolute atomic E-state index is 2.69. The molecular formula is C87H68B2N6. The Morgan fingerprint density at radius 2 is 0.642 bits per heavy atom. The molecule has 95 heavy (non-hydrogen) atoms. The highest BCUT2D eigenvalue weighted by Crippen LogP contribution is 2.59. The maximum atomic E-state index is 2.69. The average Bonchev–Trinajstić information content (AvgIpc) is 1.66. The molecule has 0 saturated heterocycles. The molecule has 8 heteroatoms. The third kappa shape index (κ3) is 8.81. The van der Waals surface area contributed by atoms with Crippen LogP contribution in [0.5, 0.6) is 0 Å². The largest absolute Gasteiger partial charge is 0.311 e. The van der Waals surface area contributed by atoms with Gasteiger partial charge >= 0.3 is 0 Å². The summed E-state index contributed by atoms with van der Waals surface area (Å²) in [4.78, 5) is 15.3. The van der Waals surface area contributed by atoms with Gasteiger partial charge < -0.3 is 29.4 Å². The fourth-order valence-corrected chi connectivity index (χ4v) is 16.3. The van der Waals surface area contributed by atoms with E-state index in [2.05, 4.69) is 386 Å². The zero-order chi connectivity index (χ0) is 63.7. The van der Waals surface area contributed by atoms with Crippen LogP contribution in [0.15, 0.2) is 327 Å². The lowest BCUT2D eigenvalue weighted by molar-refractivity contribution is 0.588. The van der Waals surface area contributed by atoms with E-state index in [0.29, 0.717) is 0 Å². The van der Waals surface area contributed by atoms with E-state index in [0.717, 1.165) is 96.7 Å². The molecule has 0 N–H and O–H groups in total. The molecule has 0 radical (unpaired) electrons. The molecule has 0 saturated carbocycles. The molecule has 13 aromatic carbocycles. The number of nitrogens with zero attached hydrogens (tertiary/aromatic N) is 6. The van der Waals surface area contributed by atoms with Crippen molar-refractivity contribution in [3.8, 4) is 0 Å². The summed E-state index contributed by atoms with van der Waals surface area (Å²) in [5.74, 6) is 0. The lowest BCUT2D eigenvalue weighted by atomic mass is 9.28. The summed E-state index contributed by atoms with van der Waals surface area (Å²) in [6.45, 7) is 11.7. The Kier molecular flexibility index (Phi) is 12.9. The molecular weight excluding hydrogens is 1150 g/mol. The standard InChI is InChI=1S/C87H68B2N6/c1-86(2,3)59-50-51-71-70(52-59)84-85(87(71,4)5)89-74-57-73-76(58-77(74)94(66-44-26-12-27-45-66)80-55-69(56-81(83(80)89)95(84)67-46-28-13-29-47-67)91(62-36-18-8-19-37-62)63-38-20-9-21-39-63)93(65-42-24-11-25-43-65)79-54-68(90(60-32-14-6-15-33-60)61-34-16-7-17-35-61)53-78-82(79)88(73)72-48-30-31-49-75(72)92(78)64-40-22-10-23-41-64/h6-58H,1-5H3. The molecule has 0 bridgehead atoms. The first kappa shape index (κ1) is 56.3. The van der Waals surface area contributed by atoms with Crippen LogP contribution in [0.1, 0.15) is 51.3 Å². The smallest absolute Gasteiger partial charge is 0.252 e. The fraction of sp³-hybridized carbons (Fsp3) is 0.0805. The highest BCUT2D eigenvalue weighted by Gasteiger charge is 2.55. The van der Waals surface area contributed by atoms with Crippen LogP contribution in [0.3, 0.4) is 0 Å². The molecule has 18 rings (SSSR count). The van der Waals surface area contributed by atoms with E-state index in [1.807, 2.05) is 0 Å². The van der Waals surface area contributed by atoms with E-state index >= 15 is 0 Å². The van der Waals surface area contributed by atoms with E-state index in [1.165, 1.54) is 55.2 Å². The van der Waals surface area contributed by atoms with Gasteiger partial charge in [-0.15, -0.1) is 0 Å². The molecule has 4 heterocycles. The van der Waals surface area contributed by atoms with Gasteiger partial charge in [-0.2, -0.15) is 0 Å². The molecule has 6 nitrogen and oxygen atoms in total. The number of anilines is 17. The Morgan fingerprint density at radius 3 is 1.06 bits per heavy atom. The molecule has 4 aliphatic heterocycles. The number of hydrogen-bond donors (Lipinski definition) is 0. The Hall–Kier alpha value is -11.5.